The number of hydrogen-bond donors (Lipinski definition) is 4. The smallest absolute Gasteiger partial charge is 0.143 e. The van der Waals surface area contributed by atoms with Crippen molar-refractivity contribution in [3.63, 3.8) is 0 Å². The summed E-state index contributed by atoms with van der Waals surface area (Å²) >= 11 is 0. The number of benzene rings is 1. The first-order valence-corrected chi connectivity index (χ1v) is 4.01. The Morgan fingerprint density at radius 2 is 2.08 bits per heavy atom. The van der Waals surface area contributed by atoms with Crippen LogP contribution in [0.3, 0.4) is 0 Å². The van der Waals surface area contributed by atoms with Crippen LogP contribution in [-0.2, 0) is 0 Å². The van der Waals surface area contributed by atoms with Crippen molar-refractivity contribution in [2.45, 2.75) is 13.0 Å². The standard InChI is InChI=1S/C9H14N2O2/c1-5-2-6(8(11)4-12)9(13)7(10)3-5/h2-3,8,12-13H,4,10-11H2,1H3/t8-/m1/s1. The number of hydrogen-bond acceptors (Lipinski definition) is 4. The normalized spacial score (nSPS) is 12.8. The predicted molar refractivity (Wildman–Crippen MR) is 51.3 cm³/mol. The number of aryl methyl sites for hydroxylation is 1. The minimum absolute atomic E-state index is 0.0350. The molecule has 0 saturated carbocycles. The second kappa shape index (κ2) is 3.64. The molecule has 6 N–H and O–H groups in total. The highest BCUT2D eigenvalue weighted by Gasteiger charge is 2.12. The lowest BCUT2D eigenvalue weighted by Crippen LogP contribution is -2.15. The summed E-state index contributed by atoms with van der Waals surface area (Å²) in [5.74, 6) is -0.0350. The van der Waals surface area contributed by atoms with Gasteiger partial charge in [-0.2, -0.15) is 0 Å². The molecular weight excluding hydrogens is 168 g/mol. The lowest BCUT2D eigenvalue weighted by atomic mass is 10.0. The molecule has 1 aromatic rings. The van der Waals surface area contributed by atoms with Crippen molar-refractivity contribution in [1.29, 1.82) is 0 Å². The summed E-state index contributed by atoms with van der Waals surface area (Å²) in [4.78, 5) is 0. The van der Waals surface area contributed by atoms with E-state index in [9.17, 15) is 5.11 Å². The van der Waals surface area contributed by atoms with Crippen molar-refractivity contribution in [3.05, 3.63) is 23.3 Å². The van der Waals surface area contributed by atoms with E-state index >= 15 is 0 Å². The van der Waals surface area contributed by atoms with E-state index in [1.54, 1.807) is 12.1 Å². The van der Waals surface area contributed by atoms with Crippen LogP contribution < -0.4 is 11.5 Å². The second-order valence-electron chi connectivity index (χ2n) is 3.08. The van der Waals surface area contributed by atoms with E-state index in [1.807, 2.05) is 6.92 Å². The Morgan fingerprint density at radius 3 is 2.62 bits per heavy atom. The molecule has 0 unspecified atom stereocenters. The predicted octanol–water partition coefficient (Wildman–Crippen LogP) is 0.275. The number of aromatic hydroxyl groups is 1. The van der Waals surface area contributed by atoms with Crippen LogP contribution in [0, 0.1) is 6.92 Å². The number of aliphatic hydroxyl groups is 1. The zero-order valence-corrected chi connectivity index (χ0v) is 7.49. The molecule has 0 radical (unpaired) electrons. The van der Waals surface area contributed by atoms with Gasteiger partial charge in [0.15, 0.2) is 0 Å². The Labute approximate surface area is 76.8 Å². The van der Waals surface area contributed by atoms with Gasteiger partial charge in [-0.25, -0.2) is 0 Å². The summed E-state index contributed by atoms with van der Waals surface area (Å²) in [6, 6.07) is 2.79. The number of phenols is 1. The molecule has 0 heterocycles. The molecule has 0 fully saturated rings. The van der Waals surface area contributed by atoms with Gasteiger partial charge in [-0.3, -0.25) is 0 Å². The number of aliphatic hydroxyl groups excluding tert-OH is 1. The van der Waals surface area contributed by atoms with Gasteiger partial charge in [-0.1, -0.05) is 6.07 Å². The van der Waals surface area contributed by atoms with E-state index in [0.29, 0.717) is 11.3 Å². The quantitative estimate of drug-likeness (QED) is 0.390. The summed E-state index contributed by atoms with van der Waals surface area (Å²) < 4.78 is 0. The summed E-state index contributed by atoms with van der Waals surface area (Å²) in [7, 11) is 0. The molecular formula is C9H14N2O2. The maximum atomic E-state index is 9.51. The monoisotopic (exact) mass is 182 g/mol. The van der Waals surface area contributed by atoms with Crippen LogP contribution in [0.2, 0.25) is 0 Å². The van der Waals surface area contributed by atoms with Gasteiger partial charge in [0.25, 0.3) is 0 Å². The van der Waals surface area contributed by atoms with Crippen LogP contribution in [0.15, 0.2) is 12.1 Å². The summed E-state index contributed by atoms with van der Waals surface area (Å²) in [6.45, 7) is 1.64. The minimum atomic E-state index is -0.581. The first kappa shape index (κ1) is 9.83. The van der Waals surface area contributed by atoms with Gasteiger partial charge in [0, 0.05) is 5.56 Å². The second-order valence-corrected chi connectivity index (χ2v) is 3.08. The maximum Gasteiger partial charge on any atom is 0.143 e. The number of nitrogens with two attached hydrogens (primary N) is 2. The van der Waals surface area contributed by atoms with Crippen LogP contribution in [0.4, 0.5) is 5.69 Å². The average Bonchev–Trinajstić information content (AvgIpc) is 2.10. The molecule has 0 aliphatic carbocycles. The highest BCUT2D eigenvalue weighted by atomic mass is 16.3. The fraction of sp³-hybridized carbons (Fsp3) is 0.333. The van der Waals surface area contributed by atoms with Crippen molar-refractivity contribution >= 4 is 5.69 Å². The van der Waals surface area contributed by atoms with Crippen molar-refractivity contribution in [3.8, 4) is 5.75 Å². The van der Waals surface area contributed by atoms with Crippen molar-refractivity contribution in [2.75, 3.05) is 12.3 Å². The van der Waals surface area contributed by atoms with Crippen LogP contribution in [0.5, 0.6) is 5.75 Å². The summed E-state index contributed by atoms with van der Waals surface area (Å²) in [5, 5.41) is 18.3. The maximum absolute atomic E-state index is 9.51. The molecule has 0 spiro atoms. The Hall–Kier alpha value is -1.26. The molecule has 72 valence electrons. The summed E-state index contributed by atoms with van der Waals surface area (Å²) in [5.41, 5.74) is 12.8. The molecule has 0 aliphatic heterocycles. The number of anilines is 1. The molecule has 0 aliphatic rings. The van der Waals surface area contributed by atoms with Crippen LogP contribution in [0.1, 0.15) is 17.2 Å². The van der Waals surface area contributed by atoms with E-state index in [2.05, 4.69) is 0 Å². The average molecular weight is 182 g/mol. The van der Waals surface area contributed by atoms with Gasteiger partial charge >= 0.3 is 0 Å². The van der Waals surface area contributed by atoms with Gasteiger partial charge in [0.1, 0.15) is 5.75 Å². The van der Waals surface area contributed by atoms with Crippen LogP contribution >= 0.6 is 0 Å². The largest absolute Gasteiger partial charge is 0.505 e. The van der Waals surface area contributed by atoms with E-state index in [4.69, 9.17) is 16.6 Å². The van der Waals surface area contributed by atoms with Crippen LogP contribution in [-0.4, -0.2) is 16.8 Å². The van der Waals surface area contributed by atoms with E-state index < -0.39 is 6.04 Å². The van der Waals surface area contributed by atoms with Crippen molar-refractivity contribution in [1.82, 2.24) is 0 Å². The number of nitrogen functional groups attached to an aromatic ring is 1. The first-order chi connectivity index (χ1) is 6.06. The molecule has 1 aromatic carbocycles. The van der Waals surface area contributed by atoms with Gasteiger partial charge in [-0.15, -0.1) is 0 Å². The van der Waals surface area contributed by atoms with E-state index in [-0.39, 0.29) is 12.4 Å². The topological polar surface area (TPSA) is 92.5 Å². The highest BCUT2D eigenvalue weighted by Crippen LogP contribution is 2.30. The SMILES string of the molecule is Cc1cc(N)c(O)c([C@H](N)CO)c1. The van der Waals surface area contributed by atoms with Gasteiger partial charge in [-0.05, 0) is 18.6 Å². The Morgan fingerprint density at radius 1 is 1.46 bits per heavy atom. The summed E-state index contributed by atoms with van der Waals surface area (Å²) in [6.07, 6.45) is 0. The molecule has 0 saturated heterocycles. The lowest BCUT2D eigenvalue weighted by Gasteiger charge is -2.13. The van der Waals surface area contributed by atoms with Gasteiger partial charge in [0.2, 0.25) is 0 Å². The van der Waals surface area contributed by atoms with Crippen molar-refractivity contribution < 1.29 is 10.2 Å². The zero-order chi connectivity index (χ0) is 10.0. The van der Waals surface area contributed by atoms with E-state index in [1.165, 1.54) is 0 Å². The zero-order valence-electron chi connectivity index (χ0n) is 7.49. The van der Waals surface area contributed by atoms with Gasteiger partial charge in [0.05, 0.1) is 18.3 Å². The number of phenolic OH excluding ortho intramolecular Hbond substituents is 1. The third-order valence-electron chi connectivity index (χ3n) is 1.91. The first-order valence-electron chi connectivity index (χ1n) is 4.01. The molecule has 0 aromatic heterocycles. The fourth-order valence-corrected chi connectivity index (χ4v) is 1.22. The highest BCUT2D eigenvalue weighted by molar-refractivity contribution is 5.58. The molecule has 0 bridgehead atoms. The van der Waals surface area contributed by atoms with Gasteiger partial charge < -0.3 is 21.7 Å². The van der Waals surface area contributed by atoms with Crippen molar-refractivity contribution in [2.24, 2.45) is 5.73 Å². The molecule has 0 amide bonds. The molecule has 13 heavy (non-hydrogen) atoms. The third kappa shape index (κ3) is 1.91. The lowest BCUT2D eigenvalue weighted by molar-refractivity contribution is 0.265. The molecule has 4 heteroatoms. The Kier molecular flexibility index (Phi) is 2.75. The number of rotatable bonds is 2. The third-order valence-corrected chi connectivity index (χ3v) is 1.91. The Balaban J connectivity index is 3.20. The van der Waals surface area contributed by atoms with E-state index in [0.717, 1.165) is 5.56 Å². The molecule has 1 atom stereocenters. The Bertz CT molecular complexity index is 313. The minimum Gasteiger partial charge on any atom is -0.505 e. The fourth-order valence-electron chi connectivity index (χ4n) is 1.22. The van der Waals surface area contributed by atoms with Crippen LogP contribution in [0.25, 0.3) is 0 Å². The molecule has 1 rings (SSSR count). The molecule has 4 nitrogen and oxygen atoms in total.